The van der Waals surface area contributed by atoms with Crippen LogP contribution in [0.2, 0.25) is 0 Å². The minimum atomic E-state index is -0.465. The molecule has 0 radical (unpaired) electrons. The van der Waals surface area contributed by atoms with E-state index >= 15 is 0 Å². The average molecular weight is 255 g/mol. The summed E-state index contributed by atoms with van der Waals surface area (Å²) in [7, 11) is 0. The standard InChI is InChI=1S/C14H9NO4/c1-8(16)9-2-5-13-12(6-9)11-4-3-10(15(17)18)7-14(11)19-13/h2-7H,1H3. The van der Waals surface area contributed by atoms with Gasteiger partial charge in [0.05, 0.1) is 11.0 Å². The van der Waals surface area contributed by atoms with Crippen molar-refractivity contribution >= 4 is 33.4 Å². The van der Waals surface area contributed by atoms with E-state index in [2.05, 4.69) is 0 Å². The molecule has 0 atom stereocenters. The summed E-state index contributed by atoms with van der Waals surface area (Å²) < 4.78 is 5.56. The van der Waals surface area contributed by atoms with Crippen LogP contribution in [0.25, 0.3) is 21.9 Å². The Balaban J connectivity index is 2.33. The maximum Gasteiger partial charge on any atom is 0.273 e. The van der Waals surface area contributed by atoms with Gasteiger partial charge in [0.25, 0.3) is 5.69 Å². The Labute approximate surface area is 107 Å². The Bertz CT molecular complexity index is 832. The van der Waals surface area contributed by atoms with E-state index in [1.807, 2.05) is 0 Å². The van der Waals surface area contributed by atoms with Gasteiger partial charge >= 0.3 is 0 Å². The van der Waals surface area contributed by atoms with E-state index in [4.69, 9.17) is 4.42 Å². The number of nitrogens with zero attached hydrogens (tertiary/aromatic N) is 1. The minimum absolute atomic E-state index is 0.0154. The van der Waals surface area contributed by atoms with Crippen molar-refractivity contribution in [3.8, 4) is 0 Å². The normalized spacial score (nSPS) is 11.0. The molecule has 0 fully saturated rings. The molecule has 0 spiro atoms. The molecule has 5 heteroatoms. The number of carbonyl (C=O) groups excluding carboxylic acids is 1. The molecule has 94 valence electrons. The number of ketones is 1. The molecule has 0 unspecified atom stereocenters. The number of hydrogen-bond donors (Lipinski definition) is 0. The Morgan fingerprint density at radius 1 is 1.11 bits per heavy atom. The zero-order chi connectivity index (χ0) is 13.6. The predicted octanol–water partition coefficient (Wildman–Crippen LogP) is 3.70. The van der Waals surface area contributed by atoms with Crippen molar-refractivity contribution in [2.24, 2.45) is 0 Å². The van der Waals surface area contributed by atoms with Gasteiger partial charge in [0.15, 0.2) is 5.78 Å². The number of nitro benzene ring substituents is 1. The number of non-ortho nitro benzene ring substituents is 1. The first-order valence-electron chi connectivity index (χ1n) is 5.68. The summed E-state index contributed by atoms with van der Waals surface area (Å²) in [5, 5.41) is 12.3. The molecule has 1 aromatic heterocycles. The number of carbonyl (C=O) groups is 1. The molecule has 0 aliphatic rings. The van der Waals surface area contributed by atoms with Gasteiger partial charge in [-0.25, -0.2) is 0 Å². The molecule has 3 rings (SSSR count). The van der Waals surface area contributed by atoms with Gasteiger partial charge in [-0.15, -0.1) is 0 Å². The number of hydrogen-bond acceptors (Lipinski definition) is 4. The topological polar surface area (TPSA) is 73.3 Å². The van der Waals surface area contributed by atoms with Crippen LogP contribution < -0.4 is 0 Å². The average Bonchev–Trinajstić information content (AvgIpc) is 2.74. The molecule has 3 aromatic rings. The van der Waals surface area contributed by atoms with Crippen molar-refractivity contribution in [3.63, 3.8) is 0 Å². The molecule has 0 saturated heterocycles. The highest BCUT2D eigenvalue weighted by molar-refractivity contribution is 6.08. The van der Waals surface area contributed by atoms with Crippen LogP contribution in [0.5, 0.6) is 0 Å². The van der Waals surface area contributed by atoms with E-state index in [0.29, 0.717) is 16.7 Å². The molecule has 5 nitrogen and oxygen atoms in total. The molecule has 19 heavy (non-hydrogen) atoms. The maximum atomic E-state index is 11.4. The Hall–Kier alpha value is -2.69. The Morgan fingerprint density at radius 2 is 1.89 bits per heavy atom. The van der Waals surface area contributed by atoms with Crippen molar-refractivity contribution in [2.45, 2.75) is 6.92 Å². The lowest BCUT2D eigenvalue weighted by atomic mass is 10.1. The van der Waals surface area contributed by atoms with Gasteiger partial charge in [-0.1, -0.05) is 0 Å². The fraction of sp³-hybridized carbons (Fsp3) is 0.0714. The van der Waals surface area contributed by atoms with E-state index in [-0.39, 0.29) is 11.5 Å². The third-order valence-electron chi connectivity index (χ3n) is 3.07. The van der Waals surface area contributed by atoms with E-state index in [1.165, 1.54) is 19.1 Å². The summed E-state index contributed by atoms with van der Waals surface area (Å²) in [5.41, 5.74) is 1.64. The van der Waals surface area contributed by atoms with Crippen LogP contribution in [-0.4, -0.2) is 10.7 Å². The SMILES string of the molecule is CC(=O)c1ccc2oc3cc([N+](=O)[O-])ccc3c2c1. The predicted molar refractivity (Wildman–Crippen MR) is 70.4 cm³/mol. The number of Topliss-reactive ketones (excluding diaryl/α,β-unsaturated/α-hetero) is 1. The van der Waals surface area contributed by atoms with E-state index < -0.39 is 4.92 Å². The molecule has 0 N–H and O–H groups in total. The number of benzene rings is 2. The molecular weight excluding hydrogens is 246 g/mol. The lowest BCUT2D eigenvalue weighted by molar-refractivity contribution is -0.384. The van der Waals surface area contributed by atoms with Crippen molar-refractivity contribution in [1.29, 1.82) is 0 Å². The molecular formula is C14H9NO4. The second kappa shape index (κ2) is 3.91. The quantitative estimate of drug-likeness (QED) is 0.397. The lowest BCUT2D eigenvalue weighted by Crippen LogP contribution is -1.90. The maximum absolute atomic E-state index is 11.4. The smallest absolute Gasteiger partial charge is 0.273 e. The summed E-state index contributed by atoms with van der Waals surface area (Å²) in [6.07, 6.45) is 0. The highest BCUT2D eigenvalue weighted by atomic mass is 16.6. The number of furan rings is 1. The van der Waals surface area contributed by atoms with E-state index in [1.54, 1.807) is 24.3 Å². The van der Waals surface area contributed by atoms with Crippen molar-refractivity contribution in [3.05, 3.63) is 52.1 Å². The first kappa shape index (κ1) is 11.4. The second-order valence-electron chi connectivity index (χ2n) is 4.31. The fourth-order valence-electron chi connectivity index (χ4n) is 2.10. The number of rotatable bonds is 2. The highest BCUT2D eigenvalue weighted by Crippen LogP contribution is 2.31. The van der Waals surface area contributed by atoms with Crippen LogP contribution >= 0.6 is 0 Å². The van der Waals surface area contributed by atoms with Gasteiger partial charge in [-0.05, 0) is 31.2 Å². The second-order valence-corrected chi connectivity index (χ2v) is 4.31. The van der Waals surface area contributed by atoms with Crippen molar-refractivity contribution < 1.29 is 14.1 Å². The Morgan fingerprint density at radius 3 is 2.58 bits per heavy atom. The monoisotopic (exact) mass is 255 g/mol. The van der Waals surface area contributed by atoms with Gasteiger partial charge in [-0.2, -0.15) is 0 Å². The fourth-order valence-corrected chi connectivity index (χ4v) is 2.10. The van der Waals surface area contributed by atoms with E-state index in [0.717, 1.165) is 10.8 Å². The summed E-state index contributed by atoms with van der Waals surface area (Å²) in [5.74, 6) is -0.0295. The lowest BCUT2D eigenvalue weighted by Gasteiger charge is -1.94. The molecule has 0 amide bonds. The molecule has 2 aromatic carbocycles. The van der Waals surface area contributed by atoms with Gasteiger partial charge in [0.2, 0.25) is 0 Å². The molecule has 0 bridgehead atoms. The summed E-state index contributed by atoms with van der Waals surface area (Å²) >= 11 is 0. The minimum Gasteiger partial charge on any atom is -0.456 e. The third-order valence-corrected chi connectivity index (χ3v) is 3.07. The van der Waals surface area contributed by atoms with Crippen LogP contribution in [-0.2, 0) is 0 Å². The largest absolute Gasteiger partial charge is 0.456 e. The van der Waals surface area contributed by atoms with Gasteiger partial charge < -0.3 is 4.42 Å². The first-order valence-corrected chi connectivity index (χ1v) is 5.68. The first-order chi connectivity index (χ1) is 9.06. The van der Waals surface area contributed by atoms with E-state index in [9.17, 15) is 14.9 Å². The summed E-state index contributed by atoms with van der Waals surface area (Å²) in [6.45, 7) is 1.49. The molecule has 0 saturated carbocycles. The van der Waals surface area contributed by atoms with Crippen LogP contribution in [0.4, 0.5) is 5.69 Å². The number of nitro groups is 1. The number of fused-ring (bicyclic) bond motifs is 3. The van der Waals surface area contributed by atoms with Gasteiger partial charge in [-0.3, -0.25) is 14.9 Å². The summed E-state index contributed by atoms with van der Waals surface area (Å²) in [4.78, 5) is 21.6. The summed E-state index contributed by atoms with van der Waals surface area (Å²) in [6, 6.07) is 9.60. The molecule has 1 heterocycles. The van der Waals surface area contributed by atoms with Crippen LogP contribution in [0, 0.1) is 10.1 Å². The van der Waals surface area contributed by atoms with Crippen molar-refractivity contribution in [1.82, 2.24) is 0 Å². The Kier molecular flexibility index (Phi) is 2.35. The third kappa shape index (κ3) is 1.76. The zero-order valence-corrected chi connectivity index (χ0v) is 10.0. The van der Waals surface area contributed by atoms with Crippen LogP contribution in [0.1, 0.15) is 17.3 Å². The van der Waals surface area contributed by atoms with Gasteiger partial charge in [0, 0.05) is 22.4 Å². The molecule has 0 aliphatic carbocycles. The van der Waals surface area contributed by atoms with Gasteiger partial charge in [0.1, 0.15) is 11.2 Å². The van der Waals surface area contributed by atoms with Crippen LogP contribution in [0.15, 0.2) is 40.8 Å². The van der Waals surface area contributed by atoms with Crippen LogP contribution in [0.3, 0.4) is 0 Å². The van der Waals surface area contributed by atoms with Crippen molar-refractivity contribution in [2.75, 3.05) is 0 Å². The highest BCUT2D eigenvalue weighted by Gasteiger charge is 2.13. The zero-order valence-electron chi connectivity index (χ0n) is 10.0. The molecule has 0 aliphatic heterocycles.